The number of nitrogens with two attached hydrogens (primary N) is 1. The van der Waals surface area contributed by atoms with Crippen LogP contribution in [0.4, 0.5) is 5.69 Å². The van der Waals surface area contributed by atoms with Crippen LogP contribution in [0.25, 0.3) is 16.6 Å². The van der Waals surface area contributed by atoms with E-state index in [0.717, 1.165) is 21.7 Å². The Labute approximate surface area is 190 Å². The van der Waals surface area contributed by atoms with Crippen molar-refractivity contribution in [1.29, 1.82) is 0 Å². The van der Waals surface area contributed by atoms with E-state index in [1.165, 1.54) is 6.08 Å². The number of hydrogen-bond acceptors (Lipinski definition) is 4. The Bertz CT molecular complexity index is 1270. The van der Waals surface area contributed by atoms with Crippen molar-refractivity contribution in [3.05, 3.63) is 101 Å². The number of nitrogens with zero attached hydrogens (tertiary/aromatic N) is 2. The number of carbonyl (C=O) groups is 2. The Morgan fingerprint density at radius 2 is 1.94 bits per heavy atom. The van der Waals surface area contributed by atoms with Gasteiger partial charge in [0.25, 0.3) is 0 Å². The minimum absolute atomic E-state index is 0.274. The van der Waals surface area contributed by atoms with Gasteiger partial charge < -0.3 is 11.1 Å². The van der Waals surface area contributed by atoms with E-state index in [0.29, 0.717) is 23.4 Å². The molecule has 3 N–H and O–H groups in total. The maximum atomic E-state index is 12.5. The van der Waals surface area contributed by atoms with Gasteiger partial charge in [0.05, 0.1) is 11.4 Å². The lowest BCUT2D eigenvalue weighted by atomic mass is 10.1. The smallest absolute Gasteiger partial charge is 0.248 e. The number of anilines is 1. The molecule has 7 heteroatoms. The minimum Gasteiger partial charge on any atom is -0.366 e. The summed E-state index contributed by atoms with van der Waals surface area (Å²) >= 11 is 1.60. The van der Waals surface area contributed by atoms with Crippen molar-refractivity contribution in [3.8, 4) is 10.6 Å². The monoisotopic (exact) mass is 442 g/mol. The van der Waals surface area contributed by atoms with Gasteiger partial charge in [0.2, 0.25) is 11.8 Å². The van der Waals surface area contributed by atoms with Crippen LogP contribution in [0, 0.1) is 6.92 Å². The summed E-state index contributed by atoms with van der Waals surface area (Å²) in [7, 11) is 0. The van der Waals surface area contributed by atoms with Gasteiger partial charge in [-0.05, 0) is 53.8 Å². The first-order chi connectivity index (χ1) is 15.5. The van der Waals surface area contributed by atoms with E-state index in [2.05, 4.69) is 17.4 Å². The summed E-state index contributed by atoms with van der Waals surface area (Å²) in [6, 6.07) is 19.1. The number of aromatic nitrogens is 2. The van der Waals surface area contributed by atoms with E-state index in [-0.39, 0.29) is 5.91 Å². The minimum atomic E-state index is -0.492. The molecule has 32 heavy (non-hydrogen) atoms. The number of nitrogens with one attached hydrogen (secondary N) is 1. The van der Waals surface area contributed by atoms with Crippen LogP contribution in [0.15, 0.2) is 78.3 Å². The second-order valence-corrected chi connectivity index (χ2v) is 8.26. The highest BCUT2D eigenvalue weighted by molar-refractivity contribution is 7.13. The van der Waals surface area contributed by atoms with E-state index >= 15 is 0 Å². The lowest BCUT2D eigenvalue weighted by Gasteiger charge is -2.06. The topological polar surface area (TPSA) is 90.0 Å². The second-order valence-electron chi connectivity index (χ2n) is 7.31. The fourth-order valence-electron chi connectivity index (χ4n) is 3.38. The van der Waals surface area contributed by atoms with Gasteiger partial charge in [0, 0.05) is 29.1 Å². The highest BCUT2D eigenvalue weighted by Gasteiger charge is 2.12. The fraction of sp³-hybridized carbons (Fsp3) is 0.0800. The molecule has 0 aliphatic carbocycles. The van der Waals surface area contributed by atoms with Crippen molar-refractivity contribution >= 4 is 34.9 Å². The van der Waals surface area contributed by atoms with Gasteiger partial charge >= 0.3 is 0 Å². The summed E-state index contributed by atoms with van der Waals surface area (Å²) in [5.41, 5.74) is 9.92. The molecule has 2 amide bonds. The summed E-state index contributed by atoms with van der Waals surface area (Å²) in [6.07, 6.45) is 5.19. The van der Waals surface area contributed by atoms with Crippen LogP contribution in [-0.2, 0) is 11.3 Å². The first kappa shape index (κ1) is 21.3. The van der Waals surface area contributed by atoms with Crippen molar-refractivity contribution in [2.24, 2.45) is 5.73 Å². The van der Waals surface area contributed by atoms with Crippen LogP contribution >= 0.6 is 11.3 Å². The first-order valence-electron chi connectivity index (χ1n) is 10.0. The second kappa shape index (κ2) is 9.45. The standard InChI is InChI=1S/C25H22N4O2S/c1-17-14-20(10-11-21(17)25(26)31)27-23(30)12-9-19-16-29(15-18-6-3-2-4-7-18)28-24(19)22-8-5-13-32-22/h2-14,16H,15H2,1H3,(H2,26,31)(H,27,30)/b12-9+. The summed E-state index contributed by atoms with van der Waals surface area (Å²) in [5.74, 6) is -0.766. The van der Waals surface area contributed by atoms with E-state index in [1.54, 1.807) is 42.5 Å². The van der Waals surface area contributed by atoms with Crippen molar-refractivity contribution in [3.63, 3.8) is 0 Å². The maximum absolute atomic E-state index is 12.5. The van der Waals surface area contributed by atoms with Crippen LogP contribution in [0.1, 0.15) is 27.0 Å². The van der Waals surface area contributed by atoms with Crippen molar-refractivity contribution in [2.45, 2.75) is 13.5 Å². The van der Waals surface area contributed by atoms with Crippen LogP contribution in [0.3, 0.4) is 0 Å². The van der Waals surface area contributed by atoms with Crippen molar-refractivity contribution < 1.29 is 9.59 Å². The Kier molecular flexibility index (Phi) is 6.28. The number of thiophene rings is 1. The van der Waals surface area contributed by atoms with Gasteiger partial charge in [0.1, 0.15) is 5.69 Å². The average molecular weight is 443 g/mol. The number of rotatable bonds is 7. The highest BCUT2D eigenvalue weighted by Crippen LogP contribution is 2.28. The molecule has 0 unspecified atom stereocenters. The third-order valence-corrected chi connectivity index (χ3v) is 5.78. The Morgan fingerprint density at radius 3 is 2.62 bits per heavy atom. The Balaban J connectivity index is 1.54. The van der Waals surface area contributed by atoms with Gasteiger partial charge in [0.15, 0.2) is 0 Å². The van der Waals surface area contributed by atoms with Crippen LogP contribution < -0.4 is 11.1 Å². The molecule has 2 heterocycles. The molecule has 4 rings (SSSR count). The summed E-state index contributed by atoms with van der Waals surface area (Å²) in [6.45, 7) is 2.42. The molecule has 2 aromatic heterocycles. The van der Waals surface area contributed by atoms with Crippen molar-refractivity contribution in [2.75, 3.05) is 5.32 Å². The molecule has 2 aromatic carbocycles. The molecule has 160 valence electrons. The molecule has 4 aromatic rings. The molecular formula is C25H22N4O2S. The Morgan fingerprint density at radius 1 is 1.12 bits per heavy atom. The predicted octanol–water partition coefficient (Wildman–Crippen LogP) is 4.72. The zero-order chi connectivity index (χ0) is 22.5. The van der Waals surface area contributed by atoms with Crippen LogP contribution in [0.2, 0.25) is 0 Å². The molecule has 0 saturated carbocycles. The fourth-order valence-corrected chi connectivity index (χ4v) is 4.11. The number of carbonyl (C=O) groups excluding carboxylic acids is 2. The SMILES string of the molecule is Cc1cc(NC(=O)/C=C/c2cn(Cc3ccccc3)nc2-c2cccs2)ccc1C(N)=O. The molecule has 0 fully saturated rings. The largest absolute Gasteiger partial charge is 0.366 e. The average Bonchev–Trinajstić information content (AvgIpc) is 3.42. The Hall–Kier alpha value is -3.97. The highest BCUT2D eigenvalue weighted by atomic mass is 32.1. The molecule has 0 atom stereocenters. The van der Waals surface area contributed by atoms with E-state index in [9.17, 15) is 9.59 Å². The number of aryl methyl sites for hydroxylation is 1. The van der Waals surface area contributed by atoms with Crippen molar-refractivity contribution in [1.82, 2.24) is 9.78 Å². The number of hydrogen-bond donors (Lipinski definition) is 2. The molecule has 0 aliphatic heterocycles. The normalized spacial score (nSPS) is 11.0. The lowest BCUT2D eigenvalue weighted by Crippen LogP contribution is -2.13. The predicted molar refractivity (Wildman–Crippen MR) is 128 cm³/mol. The van der Waals surface area contributed by atoms with Gasteiger partial charge in [-0.15, -0.1) is 11.3 Å². The van der Waals surface area contributed by atoms with Gasteiger partial charge in [-0.3, -0.25) is 14.3 Å². The molecule has 0 aliphatic rings. The van der Waals surface area contributed by atoms with Crippen LogP contribution in [-0.4, -0.2) is 21.6 Å². The van der Waals surface area contributed by atoms with E-state index < -0.39 is 5.91 Å². The number of benzene rings is 2. The molecule has 0 radical (unpaired) electrons. The lowest BCUT2D eigenvalue weighted by molar-refractivity contribution is -0.111. The van der Waals surface area contributed by atoms with Crippen LogP contribution in [0.5, 0.6) is 0 Å². The van der Waals surface area contributed by atoms with E-state index in [4.69, 9.17) is 10.8 Å². The maximum Gasteiger partial charge on any atom is 0.248 e. The summed E-state index contributed by atoms with van der Waals surface area (Å²) < 4.78 is 1.88. The number of primary amides is 1. The summed E-state index contributed by atoms with van der Waals surface area (Å²) in [4.78, 5) is 24.9. The quantitative estimate of drug-likeness (QED) is 0.406. The summed E-state index contributed by atoms with van der Waals surface area (Å²) in [5, 5.41) is 9.57. The van der Waals surface area contributed by atoms with Gasteiger partial charge in [-0.25, -0.2) is 0 Å². The van der Waals surface area contributed by atoms with Gasteiger partial charge in [-0.1, -0.05) is 36.4 Å². The molecule has 0 bridgehead atoms. The zero-order valence-corrected chi connectivity index (χ0v) is 18.3. The third kappa shape index (κ3) is 5.01. The molecular weight excluding hydrogens is 420 g/mol. The third-order valence-electron chi connectivity index (χ3n) is 4.91. The molecule has 0 saturated heterocycles. The van der Waals surface area contributed by atoms with E-state index in [1.807, 2.05) is 46.6 Å². The first-order valence-corrected chi connectivity index (χ1v) is 10.9. The van der Waals surface area contributed by atoms with Gasteiger partial charge in [-0.2, -0.15) is 5.10 Å². The molecule has 0 spiro atoms. The zero-order valence-electron chi connectivity index (χ0n) is 17.5. The number of amides is 2. The molecule has 6 nitrogen and oxygen atoms in total.